The van der Waals surface area contributed by atoms with Crippen LogP contribution in [0.2, 0.25) is 0 Å². The highest BCUT2D eigenvalue weighted by atomic mass is 15.1. The quantitative estimate of drug-likeness (QED) is 0.646. The van der Waals surface area contributed by atoms with Crippen LogP contribution in [-0.2, 0) is 6.42 Å². The van der Waals surface area contributed by atoms with Crippen molar-refractivity contribution in [2.24, 2.45) is 0 Å². The molecule has 0 spiro atoms. The van der Waals surface area contributed by atoms with Crippen molar-refractivity contribution in [3.05, 3.63) is 23.0 Å². The van der Waals surface area contributed by atoms with Crippen LogP contribution in [-0.4, -0.2) is 16.7 Å². The zero-order chi connectivity index (χ0) is 14.8. The van der Waals surface area contributed by atoms with Gasteiger partial charge in [0.05, 0.1) is 11.4 Å². The summed E-state index contributed by atoms with van der Waals surface area (Å²) in [5, 5.41) is 12.2. The summed E-state index contributed by atoms with van der Waals surface area (Å²) in [6.07, 6.45) is 8.84. The summed E-state index contributed by atoms with van der Waals surface area (Å²) in [5.74, 6) is 0. The highest BCUT2D eigenvalue weighted by Gasteiger charge is 2.15. The van der Waals surface area contributed by atoms with Crippen molar-refractivity contribution in [3.8, 4) is 0 Å². The van der Waals surface area contributed by atoms with Gasteiger partial charge in [-0.05, 0) is 37.9 Å². The molecule has 0 bridgehead atoms. The fourth-order valence-corrected chi connectivity index (χ4v) is 2.68. The lowest BCUT2D eigenvalue weighted by molar-refractivity contribution is 0.473. The molecule has 0 aromatic carbocycles. The molecule has 3 nitrogen and oxygen atoms in total. The van der Waals surface area contributed by atoms with Gasteiger partial charge in [0.15, 0.2) is 0 Å². The van der Waals surface area contributed by atoms with Crippen LogP contribution in [0.1, 0.15) is 82.3 Å². The van der Waals surface area contributed by atoms with Crippen molar-refractivity contribution in [1.29, 1.82) is 0 Å². The van der Waals surface area contributed by atoms with E-state index in [0.29, 0.717) is 6.04 Å². The molecule has 0 fully saturated rings. The van der Waals surface area contributed by atoms with E-state index < -0.39 is 0 Å². The fraction of sp³-hybridized carbons (Fsp3) is 0.765. The molecule has 114 valence electrons. The second-order valence-electron chi connectivity index (χ2n) is 5.55. The van der Waals surface area contributed by atoms with Crippen LogP contribution in [0.3, 0.4) is 0 Å². The monoisotopic (exact) mass is 277 g/mol. The van der Waals surface area contributed by atoms with Gasteiger partial charge in [0.25, 0.3) is 0 Å². The second-order valence-corrected chi connectivity index (χ2v) is 5.55. The molecule has 0 aliphatic heterocycles. The topological polar surface area (TPSA) is 37.8 Å². The van der Waals surface area contributed by atoms with Crippen molar-refractivity contribution in [2.75, 3.05) is 6.54 Å². The molecule has 0 aliphatic rings. The highest BCUT2D eigenvalue weighted by Crippen LogP contribution is 2.23. The Morgan fingerprint density at radius 3 is 2.45 bits per heavy atom. The normalized spacial score (nSPS) is 12.6. The molecular formula is C17H31N3. The fourth-order valence-electron chi connectivity index (χ4n) is 2.68. The van der Waals surface area contributed by atoms with Crippen LogP contribution in [0.4, 0.5) is 0 Å². The predicted octanol–water partition coefficient (Wildman–Crippen LogP) is 4.36. The second kappa shape index (κ2) is 9.87. The van der Waals surface area contributed by atoms with Crippen LogP contribution < -0.4 is 5.32 Å². The zero-order valence-corrected chi connectivity index (χ0v) is 13.7. The lowest BCUT2D eigenvalue weighted by Crippen LogP contribution is -2.23. The molecule has 1 N–H and O–H groups in total. The van der Waals surface area contributed by atoms with E-state index in [-0.39, 0.29) is 0 Å². The van der Waals surface area contributed by atoms with Gasteiger partial charge in [0.1, 0.15) is 0 Å². The minimum Gasteiger partial charge on any atom is -0.310 e. The predicted molar refractivity (Wildman–Crippen MR) is 85.9 cm³/mol. The number of hydrogen-bond acceptors (Lipinski definition) is 3. The van der Waals surface area contributed by atoms with Crippen molar-refractivity contribution in [3.63, 3.8) is 0 Å². The Labute approximate surface area is 124 Å². The molecule has 3 heteroatoms. The number of hydrogen-bond donors (Lipinski definition) is 1. The Kier molecular flexibility index (Phi) is 8.43. The lowest BCUT2D eigenvalue weighted by Gasteiger charge is -2.20. The average molecular weight is 277 g/mol. The van der Waals surface area contributed by atoms with Gasteiger partial charge in [-0.2, -0.15) is 10.2 Å². The number of aryl methyl sites for hydroxylation is 2. The van der Waals surface area contributed by atoms with Crippen molar-refractivity contribution in [2.45, 2.75) is 78.7 Å². The first-order valence-corrected chi connectivity index (χ1v) is 8.29. The van der Waals surface area contributed by atoms with Crippen molar-refractivity contribution in [1.82, 2.24) is 15.5 Å². The number of nitrogens with zero attached hydrogens (tertiary/aromatic N) is 2. The molecule has 0 amide bonds. The van der Waals surface area contributed by atoms with Gasteiger partial charge in [0, 0.05) is 6.04 Å². The van der Waals surface area contributed by atoms with Crippen molar-refractivity contribution >= 4 is 0 Å². The smallest absolute Gasteiger partial charge is 0.0676 e. The summed E-state index contributed by atoms with van der Waals surface area (Å²) < 4.78 is 0. The maximum atomic E-state index is 4.37. The Bertz CT molecular complexity index is 376. The zero-order valence-electron chi connectivity index (χ0n) is 13.7. The molecule has 20 heavy (non-hydrogen) atoms. The first kappa shape index (κ1) is 17.1. The van der Waals surface area contributed by atoms with Crippen molar-refractivity contribution < 1.29 is 0 Å². The largest absolute Gasteiger partial charge is 0.310 e. The Balaban J connectivity index is 2.67. The van der Waals surface area contributed by atoms with E-state index in [4.69, 9.17) is 0 Å². The third-order valence-electron chi connectivity index (χ3n) is 3.78. The standard InChI is InChI=1S/C17H31N3/c1-5-8-9-10-11-12-17(18-7-3)15-13-14(4)19-20-16(15)6-2/h13,17-18H,5-12H2,1-4H3. The Morgan fingerprint density at radius 2 is 1.80 bits per heavy atom. The van der Waals surface area contributed by atoms with E-state index in [9.17, 15) is 0 Å². The molecule has 1 rings (SSSR count). The van der Waals surface area contributed by atoms with E-state index in [0.717, 1.165) is 24.4 Å². The molecule has 0 saturated carbocycles. The molecule has 1 atom stereocenters. The number of rotatable bonds is 10. The molecule has 1 unspecified atom stereocenters. The molecule has 1 aromatic heterocycles. The number of nitrogens with one attached hydrogen (secondary N) is 1. The average Bonchev–Trinajstić information content (AvgIpc) is 2.46. The Morgan fingerprint density at radius 1 is 1.05 bits per heavy atom. The summed E-state index contributed by atoms with van der Waals surface area (Å²) in [4.78, 5) is 0. The summed E-state index contributed by atoms with van der Waals surface area (Å²) in [5.41, 5.74) is 3.53. The number of unbranched alkanes of at least 4 members (excludes halogenated alkanes) is 4. The minimum atomic E-state index is 0.436. The molecule has 0 saturated heterocycles. The van der Waals surface area contributed by atoms with Crippen LogP contribution in [0.5, 0.6) is 0 Å². The van der Waals surface area contributed by atoms with Gasteiger partial charge < -0.3 is 5.32 Å². The van der Waals surface area contributed by atoms with E-state index in [2.05, 4.69) is 42.4 Å². The molecule has 1 aromatic rings. The van der Waals surface area contributed by atoms with Crippen LogP contribution in [0.15, 0.2) is 6.07 Å². The van der Waals surface area contributed by atoms with Crippen LogP contribution >= 0.6 is 0 Å². The maximum Gasteiger partial charge on any atom is 0.0676 e. The maximum absolute atomic E-state index is 4.37. The summed E-state index contributed by atoms with van der Waals surface area (Å²) in [7, 11) is 0. The first-order valence-electron chi connectivity index (χ1n) is 8.29. The van der Waals surface area contributed by atoms with E-state index in [1.807, 2.05) is 6.92 Å². The van der Waals surface area contributed by atoms with Gasteiger partial charge in [-0.1, -0.05) is 52.9 Å². The summed E-state index contributed by atoms with van der Waals surface area (Å²) >= 11 is 0. The third kappa shape index (κ3) is 5.58. The van der Waals surface area contributed by atoms with Gasteiger partial charge in [0.2, 0.25) is 0 Å². The third-order valence-corrected chi connectivity index (χ3v) is 3.78. The Hall–Kier alpha value is -0.960. The summed E-state index contributed by atoms with van der Waals surface area (Å²) in [6, 6.07) is 2.65. The number of aromatic nitrogens is 2. The van der Waals surface area contributed by atoms with Crippen LogP contribution in [0, 0.1) is 6.92 Å². The molecular weight excluding hydrogens is 246 g/mol. The van der Waals surface area contributed by atoms with Gasteiger partial charge in [-0.25, -0.2) is 0 Å². The van der Waals surface area contributed by atoms with Gasteiger partial charge in [-0.15, -0.1) is 0 Å². The molecule has 0 radical (unpaired) electrons. The minimum absolute atomic E-state index is 0.436. The molecule has 1 heterocycles. The van der Waals surface area contributed by atoms with E-state index in [1.165, 1.54) is 44.1 Å². The van der Waals surface area contributed by atoms with E-state index >= 15 is 0 Å². The molecule has 0 aliphatic carbocycles. The lowest BCUT2D eigenvalue weighted by atomic mass is 9.97. The van der Waals surface area contributed by atoms with Gasteiger partial charge in [-0.3, -0.25) is 0 Å². The highest BCUT2D eigenvalue weighted by molar-refractivity contribution is 5.24. The summed E-state index contributed by atoms with van der Waals surface area (Å²) in [6.45, 7) is 9.63. The van der Waals surface area contributed by atoms with Gasteiger partial charge >= 0.3 is 0 Å². The SMILES string of the molecule is CCCCCCCC(NCC)c1cc(C)nnc1CC. The first-order chi connectivity index (χ1) is 9.72. The van der Waals surface area contributed by atoms with E-state index in [1.54, 1.807) is 0 Å². The van der Waals surface area contributed by atoms with Crippen LogP contribution in [0.25, 0.3) is 0 Å².